The van der Waals surface area contributed by atoms with Gasteiger partial charge in [0.05, 0.1) is 6.10 Å². The number of rotatable bonds is 4. The standard InChI is InChI=1S/C13H16FN3O/c1-3-17-13(15-8-16-17)7-12(18)10-5-4-9(2)6-11(10)14/h4-6,8,12,18H,3,7H2,1-2H3. The molecule has 0 fully saturated rings. The highest BCUT2D eigenvalue weighted by Crippen LogP contribution is 2.21. The molecular weight excluding hydrogens is 233 g/mol. The summed E-state index contributed by atoms with van der Waals surface area (Å²) in [5, 5.41) is 14.1. The van der Waals surface area contributed by atoms with Gasteiger partial charge in [-0.15, -0.1) is 0 Å². The first kappa shape index (κ1) is 12.7. The summed E-state index contributed by atoms with van der Waals surface area (Å²) in [7, 11) is 0. The first-order valence-corrected chi connectivity index (χ1v) is 5.92. The lowest BCUT2D eigenvalue weighted by Gasteiger charge is -2.12. The topological polar surface area (TPSA) is 50.9 Å². The van der Waals surface area contributed by atoms with Crippen LogP contribution in [-0.2, 0) is 13.0 Å². The normalized spacial score (nSPS) is 12.7. The van der Waals surface area contributed by atoms with Gasteiger partial charge in [-0.05, 0) is 25.5 Å². The number of aliphatic hydroxyl groups excluding tert-OH is 1. The second-order valence-electron chi connectivity index (χ2n) is 4.24. The second kappa shape index (κ2) is 5.27. The lowest BCUT2D eigenvalue weighted by Crippen LogP contribution is -2.10. The third-order valence-corrected chi connectivity index (χ3v) is 2.89. The van der Waals surface area contributed by atoms with E-state index < -0.39 is 6.10 Å². The molecule has 1 atom stereocenters. The van der Waals surface area contributed by atoms with E-state index in [4.69, 9.17) is 0 Å². The van der Waals surface area contributed by atoms with Crippen molar-refractivity contribution >= 4 is 0 Å². The van der Waals surface area contributed by atoms with Crippen molar-refractivity contribution in [3.8, 4) is 0 Å². The van der Waals surface area contributed by atoms with Crippen LogP contribution in [0, 0.1) is 12.7 Å². The fraction of sp³-hybridized carbons (Fsp3) is 0.385. The monoisotopic (exact) mass is 249 g/mol. The van der Waals surface area contributed by atoms with E-state index >= 15 is 0 Å². The predicted molar refractivity (Wildman–Crippen MR) is 65.5 cm³/mol. The maximum absolute atomic E-state index is 13.7. The molecule has 0 saturated heterocycles. The lowest BCUT2D eigenvalue weighted by atomic mass is 10.0. The van der Waals surface area contributed by atoms with Crippen molar-refractivity contribution in [3.63, 3.8) is 0 Å². The number of benzene rings is 1. The zero-order valence-corrected chi connectivity index (χ0v) is 10.5. The van der Waals surface area contributed by atoms with Gasteiger partial charge in [0.15, 0.2) is 0 Å². The molecule has 1 aromatic heterocycles. The summed E-state index contributed by atoms with van der Waals surface area (Å²) in [6, 6.07) is 4.82. The molecule has 0 aliphatic carbocycles. The Balaban J connectivity index is 2.19. The van der Waals surface area contributed by atoms with Crippen LogP contribution in [0.25, 0.3) is 0 Å². The minimum absolute atomic E-state index is 0.258. The van der Waals surface area contributed by atoms with E-state index in [1.54, 1.807) is 16.8 Å². The van der Waals surface area contributed by atoms with Crippen molar-refractivity contribution in [2.45, 2.75) is 32.9 Å². The summed E-state index contributed by atoms with van der Waals surface area (Å²) in [5.74, 6) is 0.273. The van der Waals surface area contributed by atoms with E-state index in [-0.39, 0.29) is 12.2 Å². The summed E-state index contributed by atoms with van der Waals surface area (Å²) in [6.07, 6.45) is 0.797. The minimum atomic E-state index is -0.903. The van der Waals surface area contributed by atoms with E-state index in [1.165, 1.54) is 12.4 Å². The number of hydrogen-bond acceptors (Lipinski definition) is 3. The molecule has 0 radical (unpaired) electrons. The average Bonchev–Trinajstić information content (AvgIpc) is 2.76. The van der Waals surface area contributed by atoms with Crippen LogP contribution in [0.3, 0.4) is 0 Å². The molecule has 0 aliphatic heterocycles. The van der Waals surface area contributed by atoms with Crippen molar-refractivity contribution in [1.29, 1.82) is 0 Å². The van der Waals surface area contributed by atoms with Crippen molar-refractivity contribution in [3.05, 3.63) is 47.3 Å². The molecule has 2 rings (SSSR count). The molecule has 0 bridgehead atoms. The zero-order valence-electron chi connectivity index (χ0n) is 10.5. The van der Waals surface area contributed by atoms with Crippen LogP contribution in [0.5, 0.6) is 0 Å². The fourth-order valence-electron chi connectivity index (χ4n) is 1.90. The van der Waals surface area contributed by atoms with E-state index in [2.05, 4.69) is 10.1 Å². The number of halogens is 1. The molecule has 1 N–H and O–H groups in total. The van der Waals surface area contributed by atoms with Gasteiger partial charge < -0.3 is 5.11 Å². The summed E-state index contributed by atoms with van der Waals surface area (Å²) in [6.45, 7) is 4.43. The van der Waals surface area contributed by atoms with E-state index in [1.807, 2.05) is 13.8 Å². The first-order chi connectivity index (χ1) is 8.61. The van der Waals surface area contributed by atoms with Gasteiger partial charge >= 0.3 is 0 Å². The smallest absolute Gasteiger partial charge is 0.138 e. The Labute approximate surface area is 105 Å². The van der Waals surface area contributed by atoms with Crippen LogP contribution in [0.2, 0.25) is 0 Å². The van der Waals surface area contributed by atoms with Gasteiger partial charge in [-0.2, -0.15) is 5.10 Å². The van der Waals surface area contributed by atoms with E-state index in [0.717, 1.165) is 5.56 Å². The molecule has 96 valence electrons. The molecule has 1 unspecified atom stereocenters. The highest BCUT2D eigenvalue weighted by atomic mass is 19.1. The van der Waals surface area contributed by atoms with Crippen LogP contribution < -0.4 is 0 Å². The molecule has 4 nitrogen and oxygen atoms in total. The van der Waals surface area contributed by atoms with Crippen molar-refractivity contribution < 1.29 is 9.50 Å². The van der Waals surface area contributed by atoms with Gasteiger partial charge in [0.25, 0.3) is 0 Å². The van der Waals surface area contributed by atoms with Crippen LogP contribution in [0.15, 0.2) is 24.5 Å². The average molecular weight is 249 g/mol. The van der Waals surface area contributed by atoms with E-state index in [9.17, 15) is 9.50 Å². The zero-order chi connectivity index (χ0) is 13.1. The Kier molecular flexibility index (Phi) is 3.72. The molecule has 2 aromatic rings. The summed E-state index contributed by atoms with van der Waals surface area (Å²) in [5.41, 5.74) is 1.13. The molecule has 5 heteroatoms. The van der Waals surface area contributed by atoms with Gasteiger partial charge in [-0.3, -0.25) is 4.68 Å². The molecule has 18 heavy (non-hydrogen) atoms. The number of aromatic nitrogens is 3. The van der Waals surface area contributed by atoms with E-state index in [0.29, 0.717) is 17.9 Å². The second-order valence-corrected chi connectivity index (χ2v) is 4.24. The molecular formula is C13H16FN3O. The highest BCUT2D eigenvalue weighted by molar-refractivity contribution is 5.25. The molecule has 0 aliphatic rings. The SMILES string of the molecule is CCn1ncnc1CC(O)c1ccc(C)cc1F. The van der Waals surface area contributed by atoms with Crippen LogP contribution in [0.1, 0.15) is 30.0 Å². The Morgan fingerprint density at radius 3 is 2.89 bits per heavy atom. The van der Waals surface area contributed by atoms with Crippen LogP contribution in [-0.4, -0.2) is 19.9 Å². The molecule has 0 spiro atoms. The Morgan fingerprint density at radius 2 is 2.22 bits per heavy atom. The number of hydrogen-bond donors (Lipinski definition) is 1. The maximum Gasteiger partial charge on any atom is 0.138 e. The third kappa shape index (κ3) is 2.56. The first-order valence-electron chi connectivity index (χ1n) is 5.92. The molecule has 0 saturated carbocycles. The van der Waals surface area contributed by atoms with Crippen molar-refractivity contribution in [2.24, 2.45) is 0 Å². The number of aliphatic hydroxyl groups is 1. The fourth-order valence-corrected chi connectivity index (χ4v) is 1.90. The van der Waals surface area contributed by atoms with Gasteiger partial charge in [0, 0.05) is 18.5 Å². The molecule has 0 amide bonds. The Bertz CT molecular complexity index is 539. The minimum Gasteiger partial charge on any atom is -0.388 e. The molecule has 1 aromatic carbocycles. The van der Waals surface area contributed by atoms with Gasteiger partial charge in [0.2, 0.25) is 0 Å². The Morgan fingerprint density at radius 1 is 1.44 bits per heavy atom. The summed E-state index contributed by atoms with van der Waals surface area (Å²) >= 11 is 0. The lowest BCUT2D eigenvalue weighted by molar-refractivity contribution is 0.169. The quantitative estimate of drug-likeness (QED) is 0.902. The highest BCUT2D eigenvalue weighted by Gasteiger charge is 2.16. The largest absolute Gasteiger partial charge is 0.388 e. The predicted octanol–water partition coefficient (Wildman–Crippen LogP) is 2.02. The summed E-state index contributed by atoms with van der Waals surface area (Å²) < 4.78 is 15.4. The van der Waals surface area contributed by atoms with Crippen LogP contribution >= 0.6 is 0 Å². The maximum atomic E-state index is 13.7. The van der Waals surface area contributed by atoms with Crippen molar-refractivity contribution in [1.82, 2.24) is 14.8 Å². The van der Waals surface area contributed by atoms with Gasteiger partial charge in [-0.25, -0.2) is 9.37 Å². The molecule has 1 heterocycles. The van der Waals surface area contributed by atoms with Gasteiger partial charge in [-0.1, -0.05) is 12.1 Å². The van der Waals surface area contributed by atoms with Crippen LogP contribution in [0.4, 0.5) is 4.39 Å². The van der Waals surface area contributed by atoms with Crippen molar-refractivity contribution in [2.75, 3.05) is 0 Å². The summed E-state index contributed by atoms with van der Waals surface area (Å²) in [4.78, 5) is 4.07. The third-order valence-electron chi connectivity index (χ3n) is 2.89. The number of aryl methyl sites for hydroxylation is 2. The van der Waals surface area contributed by atoms with Gasteiger partial charge in [0.1, 0.15) is 18.0 Å². The number of nitrogens with zero attached hydrogens (tertiary/aromatic N) is 3. The Hall–Kier alpha value is -1.75.